The van der Waals surface area contributed by atoms with E-state index in [1.807, 2.05) is 41.9 Å². The third-order valence-electron chi connectivity index (χ3n) is 2.49. The summed E-state index contributed by atoms with van der Waals surface area (Å²) in [5, 5.41) is 14.0. The number of benzene rings is 1. The van der Waals surface area contributed by atoms with E-state index < -0.39 is 5.97 Å². The lowest BCUT2D eigenvalue weighted by Crippen LogP contribution is -2.06. The topological polar surface area (TPSA) is 55.1 Å². The molecule has 1 aromatic carbocycles. The van der Waals surface area contributed by atoms with E-state index in [2.05, 4.69) is 21.0 Å². The summed E-state index contributed by atoms with van der Waals surface area (Å²) >= 11 is 4.79. The normalized spacial score (nSPS) is 10.6. The van der Waals surface area contributed by atoms with E-state index in [9.17, 15) is 4.79 Å². The van der Waals surface area contributed by atoms with Crippen molar-refractivity contribution in [3.8, 4) is 0 Å². The molecule has 0 aliphatic rings. The Morgan fingerprint density at radius 3 is 2.89 bits per heavy atom. The van der Waals surface area contributed by atoms with E-state index in [0.29, 0.717) is 6.54 Å². The highest BCUT2D eigenvalue weighted by Gasteiger charge is 2.10. The fraction of sp³-hybridized carbons (Fsp3) is 0.231. The van der Waals surface area contributed by atoms with Crippen molar-refractivity contribution < 1.29 is 9.90 Å². The number of aliphatic carboxylic acids is 1. The highest BCUT2D eigenvalue weighted by Crippen LogP contribution is 2.23. The van der Waals surface area contributed by atoms with Crippen LogP contribution in [0.15, 0.2) is 39.8 Å². The molecule has 0 radical (unpaired) electrons. The van der Waals surface area contributed by atoms with Crippen molar-refractivity contribution in [2.24, 2.45) is 0 Å². The summed E-state index contributed by atoms with van der Waals surface area (Å²) in [4.78, 5) is 10.6. The molecule has 1 N–H and O–H groups in total. The number of aryl methyl sites for hydroxylation is 1. The molecule has 100 valence electrons. The van der Waals surface area contributed by atoms with Crippen LogP contribution in [-0.2, 0) is 11.3 Å². The Morgan fingerprint density at radius 2 is 2.21 bits per heavy atom. The van der Waals surface area contributed by atoms with Gasteiger partial charge in [-0.05, 0) is 24.6 Å². The second-order valence-electron chi connectivity index (χ2n) is 4.06. The molecule has 0 bridgehead atoms. The van der Waals surface area contributed by atoms with Crippen LogP contribution in [-0.4, -0.2) is 26.6 Å². The summed E-state index contributed by atoms with van der Waals surface area (Å²) in [6, 6.07) is 9.84. The van der Waals surface area contributed by atoms with Crippen LogP contribution in [0.2, 0.25) is 0 Å². The van der Waals surface area contributed by atoms with E-state index in [0.717, 1.165) is 20.8 Å². The van der Waals surface area contributed by atoms with Gasteiger partial charge in [0, 0.05) is 4.47 Å². The number of carbonyl (C=O) groups is 1. The van der Waals surface area contributed by atoms with Gasteiger partial charge in [0.15, 0.2) is 0 Å². The predicted octanol–water partition coefficient (Wildman–Crippen LogP) is 3.18. The molecule has 1 heterocycles. The van der Waals surface area contributed by atoms with Gasteiger partial charge < -0.3 is 5.11 Å². The molecule has 0 fully saturated rings. The fourth-order valence-electron chi connectivity index (χ4n) is 1.67. The Hall–Kier alpha value is -1.27. The maximum absolute atomic E-state index is 10.6. The van der Waals surface area contributed by atoms with Crippen LogP contribution in [0.5, 0.6) is 0 Å². The average molecular weight is 341 g/mol. The molecule has 0 atom stereocenters. The lowest BCUT2D eigenvalue weighted by molar-refractivity contribution is -0.133. The van der Waals surface area contributed by atoms with Crippen LogP contribution in [0.1, 0.15) is 11.3 Å². The highest BCUT2D eigenvalue weighted by atomic mass is 79.9. The second kappa shape index (κ2) is 6.25. The van der Waals surface area contributed by atoms with Crippen LogP contribution < -0.4 is 0 Å². The number of nitrogens with zero attached hydrogens (tertiary/aromatic N) is 2. The molecule has 19 heavy (non-hydrogen) atoms. The second-order valence-corrected chi connectivity index (χ2v) is 5.91. The first-order valence-corrected chi connectivity index (χ1v) is 7.46. The average Bonchev–Trinajstić information content (AvgIpc) is 2.70. The van der Waals surface area contributed by atoms with Crippen molar-refractivity contribution in [1.29, 1.82) is 0 Å². The van der Waals surface area contributed by atoms with Crippen LogP contribution in [0.3, 0.4) is 0 Å². The maximum atomic E-state index is 10.6. The third-order valence-corrected chi connectivity index (χ3v) is 4.28. The monoisotopic (exact) mass is 340 g/mol. The lowest BCUT2D eigenvalue weighted by atomic mass is 10.2. The van der Waals surface area contributed by atoms with Crippen LogP contribution in [0.25, 0.3) is 0 Å². The third kappa shape index (κ3) is 3.84. The van der Waals surface area contributed by atoms with E-state index in [1.54, 1.807) is 0 Å². The van der Waals surface area contributed by atoms with Gasteiger partial charge in [0.2, 0.25) is 0 Å². The maximum Gasteiger partial charge on any atom is 0.313 e. The van der Waals surface area contributed by atoms with Gasteiger partial charge in [-0.3, -0.25) is 9.48 Å². The fourth-order valence-corrected chi connectivity index (χ4v) is 2.86. The first-order chi connectivity index (χ1) is 9.06. The number of aromatic nitrogens is 2. The minimum Gasteiger partial charge on any atom is -0.481 e. The van der Waals surface area contributed by atoms with Crippen molar-refractivity contribution in [2.45, 2.75) is 18.5 Å². The lowest BCUT2D eigenvalue weighted by Gasteiger charge is -2.08. The summed E-state index contributed by atoms with van der Waals surface area (Å²) in [6.07, 6.45) is 0. The van der Waals surface area contributed by atoms with Crippen molar-refractivity contribution >= 4 is 33.7 Å². The Bertz CT molecular complexity index is 598. The largest absolute Gasteiger partial charge is 0.481 e. The van der Waals surface area contributed by atoms with E-state index in [1.165, 1.54) is 11.8 Å². The molecule has 0 saturated carbocycles. The molecule has 0 unspecified atom stereocenters. The zero-order valence-electron chi connectivity index (χ0n) is 10.3. The first kappa shape index (κ1) is 14.1. The summed E-state index contributed by atoms with van der Waals surface area (Å²) in [6.45, 7) is 2.53. The SMILES string of the molecule is Cc1cc(SCC(=O)O)n(Cc2ccccc2Br)n1. The zero-order valence-corrected chi connectivity index (χ0v) is 12.7. The number of halogens is 1. The Labute approximate surface area is 124 Å². The molecule has 6 heteroatoms. The summed E-state index contributed by atoms with van der Waals surface area (Å²) < 4.78 is 2.86. The van der Waals surface area contributed by atoms with Crippen molar-refractivity contribution in [3.05, 3.63) is 46.1 Å². The minimum absolute atomic E-state index is 0.0428. The summed E-state index contributed by atoms with van der Waals surface area (Å²) in [7, 11) is 0. The first-order valence-electron chi connectivity index (χ1n) is 5.68. The molecule has 0 spiro atoms. The molecule has 0 saturated heterocycles. The molecule has 0 aliphatic heterocycles. The molecule has 1 aromatic heterocycles. The standard InChI is InChI=1S/C13H13BrN2O2S/c1-9-6-12(19-8-13(17)18)16(15-9)7-10-4-2-3-5-11(10)14/h2-6H,7-8H2,1H3,(H,17,18). The summed E-state index contributed by atoms with van der Waals surface area (Å²) in [5.74, 6) is -0.780. The van der Waals surface area contributed by atoms with Gasteiger partial charge in [-0.25, -0.2) is 0 Å². The van der Waals surface area contributed by atoms with Gasteiger partial charge in [0.1, 0.15) is 0 Å². The quantitative estimate of drug-likeness (QED) is 0.849. The van der Waals surface area contributed by atoms with E-state index in [-0.39, 0.29) is 5.75 Å². The number of hydrogen-bond acceptors (Lipinski definition) is 3. The number of rotatable bonds is 5. The molecular formula is C13H13BrN2O2S. The minimum atomic E-state index is -0.823. The molecule has 2 rings (SSSR count). The van der Waals surface area contributed by atoms with Gasteiger partial charge in [-0.15, -0.1) is 0 Å². The Morgan fingerprint density at radius 1 is 1.47 bits per heavy atom. The van der Waals surface area contributed by atoms with Gasteiger partial charge in [-0.1, -0.05) is 45.9 Å². The van der Waals surface area contributed by atoms with Gasteiger partial charge >= 0.3 is 5.97 Å². The number of thioether (sulfide) groups is 1. The van der Waals surface area contributed by atoms with E-state index in [4.69, 9.17) is 5.11 Å². The molecule has 4 nitrogen and oxygen atoms in total. The number of hydrogen-bond donors (Lipinski definition) is 1. The molecule has 2 aromatic rings. The van der Waals surface area contributed by atoms with Crippen LogP contribution in [0.4, 0.5) is 0 Å². The highest BCUT2D eigenvalue weighted by molar-refractivity contribution is 9.10. The summed E-state index contributed by atoms with van der Waals surface area (Å²) in [5.41, 5.74) is 2.00. The van der Waals surface area contributed by atoms with Crippen molar-refractivity contribution in [2.75, 3.05) is 5.75 Å². The Kier molecular flexibility index (Phi) is 4.66. The molecule has 0 aliphatic carbocycles. The molecule has 0 amide bonds. The molecular weight excluding hydrogens is 328 g/mol. The zero-order chi connectivity index (χ0) is 13.8. The number of carboxylic acids is 1. The van der Waals surface area contributed by atoms with Crippen LogP contribution >= 0.6 is 27.7 Å². The van der Waals surface area contributed by atoms with Gasteiger partial charge in [0.25, 0.3) is 0 Å². The number of carboxylic acid groups (broad SMARTS) is 1. The van der Waals surface area contributed by atoms with Crippen molar-refractivity contribution in [1.82, 2.24) is 9.78 Å². The van der Waals surface area contributed by atoms with Gasteiger partial charge in [0.05, 0.1) is 23.0 Å². The van der Waals surface area contributed by atoms with Gasteiger partial charge in [-0.2, -0.15) is 5.10 Å². The van der Waals surface area contributed by atoms with E-state index >= 15 is 0 Å². The smallest absolute Gasteiger partial charge is 0.313 e. The van der Waals surface area contributed by atoms with Crippen molar-refractivity contribution in [3.63, 3.8) is 0 Å². The Balaban J connectivity index is 2.20. The van der Waals surface area contributed by atoms with Crippen LogP contribution in [0, 0.1) is 6.92 Å². The predicted molar refractivity (Wildman–Crippen MR) is 78.6 cm³/mol.